The minimum Gasteiger partial charge on any atom is -0.289 e. The number of rotatable bonds is 13. The Morgan fingerprint density at radius 2 is 1.17 bits per heavy atom. The summed E-state index contributed by atoms with van der Waals surface area (Å²) in [6, 6.07) is 7.86. The first-order chi connectivity index (χ1) is 11.3. The lowest BCUT2D eigenvalue weighted by atomic mass is 10.0. The van der Waals surface area contributed by atoms with Gasteiger partial charge in [-0.25, -0.2) is 0 Å². The Hall–Kier alpha value is -1.11. The van der Waals surface area contributed by atoms with Crippen molar-refractivity contribution >= 4 is 0 Å². The van der Waals surface area contributed by atoms with Crippen molar-refractivity contribution in [2.75, 3.05) is 0 Å². The second-order valence-corrected chi connectivity index (χ2v) is 6.89. The molecule has 0 saturated heterocycles. The van der Waals surface area contributed by atoms with E-state index in [1.54, 1.807) is 0 Å². The van der Waals surface area contributed by atoms with Crippen LogP contribution in [0.15, 0.2) is 29.1 Å². The first-order valence-electron chi connectivity index (χ1n) is 9.84. The molecule has 0 atom stereocenters. The molecular formula is C22H36O. The molecule has 0 unspecified atom stereocenters. The summed E-state index contributed by atoms with van der Waals surface area (Å²) in [7, 11) is 0. The predicted molar refractivity (Wildman–Crippen MR) is 102 cm³/mol. The molecule has 0 bridgehead atoms. The normalized spacial score (nSPS) is 10.9. The van der Waals surface area contributed by atoms with E-state index in [4.69, 9.17) is 0 Å². The number of unbranched alkanes of at least 4 members (excludes halogenated alkanes) is 11. The molecule has 0 radical (unpaired) electrons. The highest BCUT2D eigenvalue weighted by Gasteiger charge is 2.00. The fourth-order valence-electron chi connectivity index (χ4n) is 3.13. The van der Waals surface area contributed by atoms with Crippen molar-refractivity contribution < 1.29 is 0 Å². The van der Waals surface area contributed by atoms with Crippen LogP contribution in [-0.4, -0.2) is 0 Å². The summed E-state index contributed by atoms with van der Waals surface area (Å²) in [5.74, 6) is 0. The molecule has 0 aliphatic rings. The van der Waals surface area contributed by atoms with E-state index in [2.05, 4.69) is 6.92 Å². The predicted octanol–water partition coefficient (Wildman–Crippen LogP) is 6.60. The molecule has 0 N–H and O–H groups in total. The van der Waals surface area contributed by atoms with Crippen molar-refractivity contribution in [2.45, 2.75) is 97.3 Å². The Morgan fingerprint density at radius 3 is 1.74 bits per heavy atom. The molecular weight excluding hydrogens is 280 g/mol. The van der Waals surface area contributed by atoms with Crippen molar-refractivity contribution in [1.29, 1.82) is 0 Å². The maximum atomic E-state index is 12.1. The molecule has 1 nitrogen and oxygen atoms in total. The van der Waals surface area contributed by atoms with Crippen molar-refractivity contribution in [3.63, 3.8) is 0 Å². The molecule has 0 spiro atoms. The van der Waals surface area contributed by atoms with E-state index in [1.165, 1.54) is 70.6 Å². The molecule has 1 rings (SSSR count). The van der Waals surface area contributed by atoms with Gasteiger partial charge >= 0.3 is 0 Å². The molecule has 0 amide bonds. The molecule has 0 aliphatic heterocycles. The monoisotopic (exact) mass is 316 g/mol. The van der Waals surface area contributed by atoms with E-state index in [0.29, 0.717) is 0 Å². The maximum Gasteiger partial charge on any atom is 0.184 e. The van der Waals surface area contributed by atoms with Crippen LogP contribution in [-0.2, 0) is 6.42 Å². The fraction of sp³-hybridized carbons (Fsp3) is 0.682. The Balaban J connectivity index is 1.99. The van der Waals surface area contributed by atoms with Crippen LogP contribution in [0.25, 0.3) is 0 Å². The van der Waals surface area contributed by atoms with Crippen LogP contribution in [0.4, 0.5) is 0 Å². The smallest absolute Gasteiger partial charge is 0.184 e. The van der Waals surface area contributed by atoms with Crippen molar-refractivity contribution in [1.82, 2.24) is 0 Å². The zero-order valence-corrected chi connectivity index (χ0v) is 15.4. The van der Waals surface area contributed by atoms with Crippen LogP contribution in [0.2, 0.25) is 0 Å². The number of hydrogen-bond acceptors (Lipinski definition) is 1. The van der Waals surface area contributed by atoms with E-state index in [9.17, 15) is 4.79 Å². The zero-order chi connectivity index (χ0) is 16.8. The first-order valence-corrected chi connectivity index (χ1v) is 9.84. The van der Waals surface area contributed by atoms with E-state index < -0.39 is 0 Å². The van der Waals surface area contributed by atoms with Crippen LogP contribution in [0.1, 0.15) is 95.1 Å². The molecule has 0 heterocycles. The average Bonchev–Trinajstić information content (AvgIpc) is 2.71. The zero-order valence-electron chi connectivity index (χ0n) is 15.4. The summed E-state index contributed by atoms with van der Waals surface area (Å²) >= 11 is 0. The van der Waals surface area contributed by atoms with Gasteiger partial charge in [0, 0.05) is 0 Å². The summed E-state index contributed by atoms with van der Waals surface area (Å²) in [4.78, 5) is 12.1. The third-order valence-electron chi connectivity index (χ3n) is 4.70. The standard InChI is InChI=1S/C22H36O/c1-3-4-5-6-7-8-9-10-11-12-13-14-18-21-19-16-15-17-20(2)22(21)23/h15-17,19H,3-14,18H2,1-2H3. The molecule has 1 aromatic carbocycles. The highest BCUT2D eigenvalue weighted by atomic mass is 16.1. The molecule has 0 fully saturated rings. The maximum absolute atomic E-state index is 12.1. The van der Waals surface area contributed by atoms with Crippen LogP contribution in [0.3, 0.4) is 0 Å². The average molecular weight is 317 g/mol. The van der Waals surface area contributed by atoms with Crippen LogP contribution in [0.5, 0.6) is 0 Å². The number of aryl methyl sites for hydroxylation is 2. The lowest BCUT2D eigenvalue weighted by Gasteiger charge is -2.03. The Morgan fingerprint density at radius 1 is 0.696 bits per heavy atom. The molecule has 1 heteroatoms. The van der Waals surface area contributed by atoms with Crippen LogP contribution < -0.4 is 5.43 Å². The third kappa shape index (κ3) is 9.58. The summed E-state index contributed by atoms with van der Waals surface area (Å²) in [6.07, 6.45) is 17.3. The second kappa shape index (κ2) is 13.3. The molecule has 1 aromatic rings. The van der Waals surface area contributed by atoms with Gasteiger partial charge in [0.2, 0.25) is 0 Å². The number of hydrogen-bond donors (Lipinski definition) is 0. The first kappa shape index (κ1) is 19.9. The largest absolute Gasteiger partial charge is 0.289 e. The molecule has 0 aromatic heterocycles. The summed E-state index contributed by atoms with van der Waals surface area (Å²) < 4.78 is 0. The van der Waals surface area contributed by atoms with Crippen molar-refractivity contribution in [3.8, 4) is 0 Å². The molecule has 0 aliphatic carbocycles. The Kier molecular flexibility index (Phi) is 11.6. The van der Waals surface area contributed by atoms with Gasteiger partial charge in [-0.3, -0.25) is 4.79 Å². The van der Waals surface area contributed by atoms with E-state index >= 15 is 0 Å². The lowest BCUT2D eigenvalue weighted by Crippen LogP contribution is -2.08. The second-order valence-electron chi connectivity index (χ2n) is 6.89. The van der Waals surface area contributed by atoms with E-state index in [0.717, 1.165) is 24.0 Å². The fourth-order valence-corrected chi connectivity index (χ4v) is 3.13. The highest BCUT2D eigenvalue weighted by Crippen LogP contribution is 2.12. The summed E-state index contributed by atoms with van der Waals surface area (Å²) in [5, 5.41) is 0. The third-order valence-corrected chi connectivity index (χ3v) is 4.70. The van der Waals surface area contributed by atoms with Gasteiger partial charge in [-0.1, -0.05) is 102 Å². The van der Waals surface area contributed by atoms with Crippen LogP contribution in [0, 0.1) is 6.92 Å². The van der Waals surface area contributed by atoms with Gasteiger partial charge in [0.1, 0.15) is 0 Å². The minimum absolute atomic E-state index is 0.234. The highest BCUT2D eigenvalue weighted by molar-refractivity contribution is 5.21. The van der Waals surface area contributed by atoms with E-state index in [1.807, 2.05) is 31.2 Å². The van der Waals surface area contributed by atoms with Gasteiger partial charge in [0.05, 0.1) is 0 Å². The van der Waals surface area contributed by atoms with Gasteiger partial charge in [0.25, 0.3) is 0 Å². The van der Waals surface area contributed by atoms with Crippen molar-refractivity contribution in [3.05, 3.63) is 45.6 Å². The summed E-state index contributed by atoms with van der Waals surface area (Å²) in [5.41, 5.74) is 2.08. The molecule has 0 saturated carbocycles. The van der Waals surface area contributed by atoms with Crippen LogP contribution >= 0.6 is 0 Å². The Labute approximate surface area is 143 Å². The topological polar surface area (TPSA) is 17.1 Å². The van der Waals surface area contributed by atoms with Gasteiger partial charge in [-0.15, -0.1) is 0 Å². The molecule has 130 valence electrons. The van der Waals surface area contributed by atoms with Gasteiger partial charge in [-0.2, -0.15) is 0 Å². The van der Waals surface area contributed by atoms with Gasteiger partial charge in [0.15, 0.2) is 5.43 Å². The lowest BCUT2D eigenvalue weighted by molar-refractivity contribution is 0.544. The SMILES string of the molecule is CCCCCCCCCCCCCCc1ccccc(C)c1=O. The Bertz CT molecular complexity index is 464. The van der Waals surface area contributed by atoms with Crippen molar-refractivity contribution in [2.24, 2.45) is 0 Å². The minimum atomic E-state index is 0.234. The van der Waals surface area contributed by atoms with Gasteiger partial charge in [-0.05, 0) is 30.9 Å². The summed E-state index contributed by atoms with van der Waals surface area (Å²) in [6.45, 7) is 4.19. The van der Waals surface area contributed by atoms with Gasteiger partial charge < -0.3 is 0 Å². The van der Waals surface area contributed by atoms with E-state index in [-0.39, 0.29) is 5.43 Å². The quantitative estimate of drug-likeness (QED) is 0.375. The molecule has 23 heavy (non-hydrogen) atoms.